The predicted octanol–water partition coefficient (Wildman–Crippen LogP) is 2.31. The molecule has 106 valence electrons. The maximum Gasteiger partial charge on any atom is 0.346 e. The molecule has 2 aromatic rings. The molecule has 0 aliphatic carbocycles. The Balaban J connectivity index is 2.05. The second-order valence-electron chi connectivity index (χ2n) is 4.44. The molecule has 0 saturated carbocycles. The summed E-state index contributed by atoms with van der Waals surface area (Å²) in [6.45, 7) is -0.149. The third-order valence-electron chi connectivity index (χ3n) is 3.21. The molecule has 7 heteroatoms. The quantitative estimate of drug-likeness (QED) is 0.883. The van der Waals surface area contributed by atoms with E-state index < -0.39 is 23.5 Å². The molecule has 0 atom stereocenters. The second kappa shape index (κ2) is 4.78. The van der Waals surface area contributed by atoms with Crippen molar-refractivity contribution in [3.63, 3.8) is 0 Å². The fourth-order valence-electron chi connectivity index (χ4n) is 2.28. The summed E-state index contributed by atoms with van der Waals surface area (Å²) in [5, 5.41) is 10.6. The lowest BCUT2D eigenvalue weighted by Gasteiger charge is -2.16. The average Bonchev–Trinajstić information content (AvgIpc) is 2.99. The normalized spacial score (nSPS) is 13.7. The maximum absolute atomic E-state index is 13.9. The molecule has 1 aliphatic heterocycles. The van der Waals surface area contributed by atoms with Crippen LogP contribution in [0.15, 0.2) is 29.6 Å². The third-order valence-corrected chi connectivity index (χ3v) is 4.15. The van der Waals surface area contributed by atoms with Crippen LogP contribution in [0.2, 0.25) is 0 Å². The van der Waals surface area contributed by atoms with Gasteiger partial charge in [-0.15, -0.1) is 11.3 Å². The fourth-order valence-corrected chi connectivity index (χ4v) is 3.03. The van der Waals surface area contributed by atoms with E-state index in [1.54, 1.807) is 11.4 Å². The molecule has 0 fully saturated rings. The Kier molecular flexibility index (Phi) is 3.06. The predicted molar refractivity (Wildman–Crippen MR) is 73.2 cm³/mol. The van der Waals surface area contributed by atoms with E-state index in [0.717, 1.165) is 22.3 Å². The third kappa shape index (κ3) is 2.02. The molecule has 1 amide bonds. The molecule has 1 aromatic heterocycles. The number of carbonyl (C=O) groups excluding carboxylic acids is 2. The van der Waals surface area contributed by atoms with Gasteiger partial charge in [0.25, 0.3) is 11.7 Å². The van der Waals surface area contributed by atoms with E-state index in [4.69, 9.17) is 5.11 Å². The molecule has 1 aliphatic rings. The second-order valence-corrected chi connectivity index (χ2v) is 5.35. The van der Waals surface area contributed by atoms with Crippen molar-refractivity contribution >= 4 is 34.7 Å². The highest BCUT2D eigenvalue weighted by molar-refractivity contribution is 7.12. The van der Waals surface area contributed by atoms with E-state index in [0.29, 0.717) is 5.56 Å². The highest BCUT2D eigenvalue weighted by Crippen LogP contribution is 2.33. The molecule has 21 heavy (non-hydrogen) atoms. The topological polar surface area (TPSA) is 74.7 Å². The number of carbonyl (C=O) groups is 3. The number of ketones is 1. The molecule has 1 N–H and O–H groups in total. The number of aromatic carboxylic acids is 1. The highest BCUT2D eigenvalue weighted by Gasteiger charge is 2.38. The summed E-state index contributed by atoms with van der Waals surface area (Å²) in [6, 6.07) is 5.44. The Morgan fingerprint density at radius 2 is 2.05 bits per heavy atom. The number of rotatable bonds is 3. The largest absolute Gasteiger partial charge is 0.477 e. The number of carboxylic acid groups (broad SMARTS) is 1. The number of hydrogen-bond donors (Lipinski definition) is 1. The SMILES string of the molecule is O=C1C(=O)N(Cc2ccsc2C(=O)O)c2c(F)cccc21. The van der Waals surface area contributed by atoms with Gasteiger partial charge in [-0.1, -0.05) is 6.07 Å². The zero-order chi connectivity index (χ0) is 15.1. The molecule has 0 bridgehead atoms. The molecular weight excluding hydrogens is 297 g/mol. The number of amides is 1. The van der Waals surface area contributed by atoms with Crippen LogP contribution in [0, 0.1) is 5.82 Å². The summed E-state index contributed by atoms with van der Waals surface area (Å²) in [5.74, 6) is -3.43. The summed E-state index contributed by atoms with van der Waals surface area (Å²) >= 11 is 1.01. The van der Waals surface area contributed by atoms with Gasteiger partial charge in [-0.25, -0.2) is 9.18 Å². The molecule has 0 unspecified atom stereocenters. The zero-order valence-electron chi connectivity index (χ0n) is 10.5. The molecular formula is C14H8FNO4S. The van der Waals surface area contributed by atoms with E-state index in [2.05, 4.69) is 0 Å². The van der Waals surface area contributed by atoms with Crippen LogP contribution in [-0.2, 0) is 11.3 Å². The molecule has 0 radical (unpaired) electrons. The summed E-state index contributed by atoms with van der Waals surface area (Å²) < 4.78 is 13.9. The van der Waals surface area contributed by atoms with E-state index in [-0.39, 0.29) is 22.7 Å². The zero-order valence-corrected chi connectivity index (χ0v) is 11.3. The van der Waals surface area contributed by atoms with Crippen LogP contribution < -0.4 is 4.90 Å². The van der Waals surface area contributed by atoms with Crippen LogP contribution in [0.1, 0.15) is 25.6 Å². The van der Waals surface area contributed by atoms with Crippen LogP contribution in [0.3, 0.4) is 0 Å². The Morgan fingerprint density at radius 3 is 2.76 bits per heavy atom. The number of benzene rings is 1. The minimum absolute atomic E-state index is 0.00658. The number of nitrogens with zero attached hydrogens (tertiary/aromatic N) is 1. The highest BCUT2D eigenvalue weighted by atomic mass is 32.1. The van der Waals surface area contributed by atoms with Gasteiger partial charge >= 0.3 is 5.97 Å². The lowest BCUT2D eigenvalue weighted by molar-refractivity contribution is -0.114. The first-order chi connectivity index (χ1) is 10.0. The van der Waals surface area contributed by atoms with Gasteiger partial charge in [0.15, 0.2) is 0 Å². The van der Waals surface area contributed by atoms with Crippen molar-refractivity contribution in [3.8, 4) is 0 Å². The van der Waals surface area contributed by atoms with Crippen LogP contribution >= 0.6 is 11.3 Å². The molecule has 1 aromatic carbocycles. The molecule has 0 saturated heterocycles. The first-order valence-corrected chi connectivity index (χ1v) is 6.83. The van der Waals surface area contributed by atoms with Crippen molar-refractivity contribution < 1.29 is 23.9 Å². The van der Waals surface area contributed by atoms with Crippen LogP contribution in [0.4, 0.5) is 10.1 Å². The van der Waals surface area contributed by atoms with Crippen molar-refractivity contribution in [1.82, 2.24) is 0 Å². The summed E-state index contributed by atoms with van der Waals surface area (Å²) in [4.78, 5) is 36.0. The number of para-hydroxylation sites is 1. The summed E-state index contributed by atoms with van der Waals surface area (Å²) in [6.07, 6.45) is 0. The van der Waals surface area contributed by atoms with Gasteiger partial charge in [0, 0.05) is 0 Å². The summed E-state index contributed by atoms with van der Waals surface area (Å²) in [5.41, 5.74) is 0.284. The van der Waals surface area contributed by atoms with Gasteiger partial charge in [-0.2, -0.15) is 0 Å². The lowest BCUT2D eigenvalue weighted by atomic mass is 10.1. The number of Topliss-reactive ketones (excluding diaryl/α,β-unsaturated/α-hetero) is 1. The van der Waals surface area contributed by atoms with E-state index in [1.165, 1.54) is 12.1 Å². The maximum atomic E-state index is 13.9. The molecule has 3 rings (SSSR count). The van der Waals surface area contributed by atoms with Crippen molar-refractivity contribution in [3.05, 3.63) is 51.5 Å². The van der Waals surface area contributed by atoms with E-state index in [9.17, 15) is 18.8 Å². The van der Waals surface area contributed by atoms with Crippen LogP contribution in [-0.4, -0.2) is 22.8 Å². The fraction of sp³-hybridized carbons (Fsp3) is 0.0714. The Morgan fingerprint density at radius 1 is 1.29 bits per heavy atom. The molecule has 5 nitrogen and oxygen atoms in total. The monoisotopic (exact) mass is 305 g/mol. The first-order valence-electron chi connectivity index (χ1n) is 5.95. The number of fused-ring (bicyclic) bond motifs is 1. The number of anilines is 1. The molecule has 0 spiro atoms. The van der Waals surface area contributed by atoms with Crippen molar-refractivity contribution in [2.45, 2.75) is 6.54 Å². The number of thiophene rings is 1. The van der Waals surface area contributed by atoms with Gasteiger partial charge in [-0.05, 0) is 29.1 Å². The van der Waals surface area contributed by atoms with E-state index >= 15 is 0 Å². The van der Waals surface area contributed by atoms with Gasteiger partial charge < -0.3 is 5.11 Å². The van der Waals surface area contributed by atoms with Crippen LogP contribution in [0.25, 0.3) is 0 Å². The average molecular weight is 305 g/mol. The van der Waals surface area contributed by atoms with Crippen molar-refractivity contribution in [1.29, 1.82) is 0 Å². The smallest absolute Gasteiger partial charge is 0.346 e. The minimum atomic E-state index is -1.12. The Hall–Kier alpha value is -2.54. The van der Waals surface area contributed by atoms with E-state index in [1.807, 2.05) is 0 Å². The lowest BCUT2D eigenvalue weighted by Crippen LogP contribution is -2.30. The number of hydrogen-bond acceptors (Lipinski definition) is 4. The minimum Gasteiger partial charge on any atom is -0.477 e. The summed E-state index contributed by atoms with van der Waals surface area (Å²) in [7, 11) is 0. The van der Waals surface area contributed by atoms with Crippen molar-refractivity contribution in [2.75, 3.05) is 4.90 Å². The van der Waals surface area contributed by atoms with Gasteiger partial charge in [0.2, 0.25) is 0 Å². The molecule has 2 heterocycles. The Labute approximate surface area is 122 Å². The number of carboxylic acids is 1. The van der Waals surface area contributed by atoms with Crippen LogP contribution in [0.5, 0.6) is 0 Å². The van der Waals surface area contributed by atoms with Gasteiger partial charge in [0.05, 0.1) is 17.8 Å². The Bertz CT molecular complexity index is 783. The number of halogens is 1. The van der Waals surface area contributed by atoms with Gasteiger partial charge in [0.1, 0.15) is 10.7 Å². The first kappa shape index (κ1) is 13.4. The van der Waals surface area contributed by atoms with Gasteiger partial charge in [-0.3, -0.25) is 14.5 Å². The standard InChI is InChI=1S/C14H8FNO4S/c15-9-3-1-2-8-10(9)16(13(18)11(8)17)6-7-4-5-21-12(7)14(19)20/h1-5H,6H2,(H,19,20). The van der Waals surface area contributed by atoms with Crippen molar-refractivity contribution in [2.24, 2.45) is 0 Å².